The number of benzene rings is 1. The fourth-order valence-corrected chi connectivity index (χ4v) is 4.24. The van der Waals surface area contributed by atoms with E-state index in [1.165, 1.54) is 24.2 Å². The average molecular weight is 367 g/mol. The molecule has 1 amide bonds. The summed E-state index contributed by atoms with van der Waals surface area (Å²) in [6, 6.07) is 10.7. The number of hydrogen-bond acceptors (Lipinski definition) is 3. The molecule has 0 spiro atoms. The van der Waals surface area contributed by atoms with Crippen molar-refractivity contribution < 1.29 is 9.53 Å². The first-order valence-electron chi connectivity index (χ1n) is 9.92. The van der Waals surface area contributed by atoms with Crippen LogP contribution in [0.3, 0.4) is 0 Å². The second-order valence-electron chi connectivity index (χ2n) is 8.05. The number of ether oxygens (including phenoxy) is 1. The molecule has 2 fully saturated rings. The van der Waals surface area contributed by atoms with Crippen molar-refractivity contribution in [2.24, 2.45) is 0 Å². The van der Waals surface area contributed by atoms with Crippen LogP contribution >= 0.6 is 0 Å². The van der Waals surface area contributed by atoms with E-state index in [9.17, 15) is 4.79 Å². The maximum absolute atomic E-state index is 12.8. The van der Waals surface area contributed by atoms with Crippen LogP contribution in [0, 0.1) is 13.8 Å². The molecule has 1 saturated carbocycles. The third kappa shape index (κ3) is 3.74. The molecule has 5 nitrogen and oxygen atoms in total. The van der Waals surface area contributed by atoms with Gasteiger partial charge in [0.25, 0.3) is 5.91 Å². The van der Waals surface area contributed by atoms with Crippen molar-refractivity contribution in [2.45, 2.75) is 58.8 Å². The van der Waals surface area contributed by atoms with Crippen LogP contribution in [0.1, 0.15) is 54.5 Å². The topological polar surface area (TPSA) is 46.5 Å². The van der Waals surface area contributed by atoms with Gasteiger partial charge in [0, 0.05) is 41.9 Å². The predicted molar refractivity (Wildman–Crippen MR) is 109 cm³/mol. The minimum absolute atomic E-state index is 0.0311. The highest BCUT2D eigenvalue weighted by molar-refractivity contribution is 6.05. The average Bonchev–Trinajstić information content (AvgIpc) is 3.39. The van der Waals surface area contributed by atoms with Crippen molar-refractivity contribution in [1.29, 1.82) is 0 Å². The van der Waals surface area contributed by atoms with Crippen LogP contribution < -0.4 is 10.2 Å². The van der Waals surface area contributed by atoms with Gasteiger partial charge in [-0.3, -0.25) is 4.79 Å². The van der Waals surface area contributed by atoms with Gasteiger partial charge in [-0.05, 0) is 70.9 Å². The summed E-state index contributed by atoms with van der Waals surface area (Å²) in [6.45, 7) is 10.1. The number of rotatable bonds is 4. The lowest BCUT2D eigenvalue weighted by Gasteiger charge is -2.36. The number of morpholine rings is 1. The Kier molecular flexibility index (Phi) is 4.72. The number of nitrogens with zero attached hydrogens (tertiary/aromatic N) is 2. The number of aryl methyl sites for hydroxylation is 1. The summed E-state index contributed by atoms with van der Waals surface area (Å²) < 4.78 is 8.11. The molecule has 5 heteroatoms. The molecule has 1 saturated heterocycles. The Balaban J connectivity index is 1.45. The van der Waals surface area contributed by atoms with Gasteiger partial charge >= 0.3 is 0 Å². The summed E-state index contributed by atoms with van der Waals surface area (Å²) in [6.07, 6.45) is 2.90. The van der Waals surface area contributed by atoms with E-state index in [1.807, 2.05) is 25.1 Å². The van der Waals surface area contributed by atoms with E-state index in [2.05, 4.69) is 47.7 Å². The van der Waals surface area contributed by atoms with Crippen LogP contribution in [0.4, 0.5) is 11.4 Å². The van der Waals surface area contributed by atoms with Gasteiger partial charge in [0.05, 0.1) is 17.8 Å². The highest BCUT2D eigenvalue weighted by Crippen LogP contribution is 2.38. The molecule has 2 unspecified atom stereocenters. The molecule has 1 aromatic carbocycles. The zero-order valence-corrected chi connectivity index (χ0v) is 16.7. The van der Waals surface area contributed by atoms with E-state index in [1.54, 1.807) is 0 Å². The lowest BCUT2D eigenvalue weighted by atomic mass is 10.2. The fourth-order valence-electron chi connectivity index (χ4n) is 4.24. The Labute approximate surface area is 161 Å². The molecule has 2 aliphatic rings. The van der Waals surface area contributed by atoms with E-state index in [0.29, 0.717) is 6.04 Å². The molecule has 0 radical (unpaired) electrons. The van der Waals surface area contributed by atoms with Crippen LogP contribution in [0.25, 0.3) is 0 Å². The predicted octanol–water partition coefficient (Wildman–Crippen LogP) is 4.31. The van der Waals surface area contributed by atoms with E-state index in [0.717, 1.165) is 30.0 Å². The summed E-state index contributed by atoms with van der Waals surface area (Å²) in [4.78, 5) is 15.1. The monoisotopic (exact) mass is 367 g/mol. The SMILES string of the molecule is Cc1cc(C(=O)Nc2ccc(N3CC(C)OC(C)C3)cc2)c(C)n1C1CC1. The number of nitrogens with one attached hydrogen (secondary N) is 1. The molecule has 1 aliphatic heterocycles. The van der Waals surface area contributed by atoms with Crippen LogP contribution in [0.15, 0.2) is 30.3 Å². The van der Waals surface area contributed by atoms with E-state index >= 15 is 0 Å². The van der Waals surface area contributed by atoms with Gasteiger partial charge in [0.15, 0.2) is 0 Å². The molecular weight excluding hydrogens is 338 g/mol. The lowest BCUT2D eigenvalue weighted by molar-refractivity contribution is -0.00521. The number of aromatic nitrogens is 1. The number of anilines is 2. The first-order chi connectivity index (χ1) is 12.9. The van der Waals surface area contributed by atoms with Crippen molar-refractivity contribution in [3.8, 4) is 0 Å². The molecular formula is C22H29N3O2. The first kappa shape index (κ1) is 18.1. The maximum Gasteiger partial charge on any atom is 0.257 e. The Morgan fingerprint density at radius 1 is 1.07 bits per heavy atom. The Morgan fingerprint density at radius 3 is 2.30 bits per heavy atom. The van der Waals surface area contributed by atoms with Crippen molar-refractivity contribution in [3.63, 3.8) is 0 Å². The summed E-state index contributed by atoms with van der Waals surface area (Å²) in [5, 5.41) is 3.05. The zero-order chi connectivity index (χ0) is 19.1. The Hall–Kier alpha value is -2.27. The minimum Gasteiger partial charge on any atom is -0.372 e. The molecule has 2 heterocycles. The quantitative estimate of drug-likeness (QED) is 0.876. The summed E-state index contributed by atoms with van der Waals surface area (Å²) in [7, 11) is 0. The molecule has 0 bridgehead atoms. The third-order valence-electron chi connectivity index (χ3n) is 5.55. The summed E-state index contributed by atoms with van der Waals surface area (Å²) in [5.74, 6) is -0.0311. The number of carbonyl (C=O) groups is 1. The fraction of sp³-hybridized carbons (Fsp3) is 0.500. The van der Waals surface area contributed by atoms with Crippen molar-refractivity contribution in [2.75, 3.05) is 23.3 Å². The van der Waals surface area contributed by atoms with Crippen molar-refractivity contribution in [3.05, 3.63) is 47.3 Å². The smallest absolute Gasteiger partial charge is 0.257 e. The highest BCUT2D eigenvalue weighted by Gasteiger charge is 2.28. The van der Waals surface area contributed by atoms with Crippen molar-refractivity contribution >= 4 is 17.3 Å². The van der Waals surface area contributed by atoms with E-state index in [4.69, 9.17) is 4.74 Å². The molecule has 144 valence electrons. The van der Waals surface area contributed by atoms with Gasteiger partial charge in [0.1, 0.15) is 0 Å². The molecule has 1 aromatic heterocycles. The van der Waals surface area contributed by atoms with Crippen LogP contribution in [0.5, 0.6) is 0 Å². The van der Waals surface area contributed by atoms with Crippen LogP contribution in [-0.2, 0) is 4.74 Å². The standard InChI is InChI=1S/C22H29N3O2/c1-14-11-21(17(4)25(14)20-9-10-20)22(26)23-18-5-7-19(8-6-18)24-12-15(2)27-16(3)13-24/h5-8,11,15-16,20H,9-10,12-13H2,1-4H3,(H,23,26). The third-order valence-corrected chi connectivity index (χ3v) is 5.55. The normalized spacial score (nSPS) is 22.7. The van der Waals surface area contributed by atoms with Crippen LogP contribution in [-0.4, -0.2) is 35.8 Å². The van der Waals surface area contributed by atoms with E-state index in [-0.39, 0.29) is 18.1 Å². The molecule has 2 atom stereocenters. The van der Waals surface area contributed by atoms with Gasteiger partial charge in [-0.1, -0.05) is 0 Å². The first-order valence-corrected chi connectivity index (χ1v) is 9.92. The largest absolute Gasteiger partial charge is 0.372 e. The second kappa shape index (κ2) is 7.04. The van der Waals surface area contributed by atoms with Crippen LogP contribution in [0.2, 0.25) is 0 Å². The second-order valence-corrected chi connectivity index (χ2v) is 8.05. The molecule has 2 aromatic rings. The van der Waals surface area contributed by atoms with Gasteiger partial charge in [0.2, 0.25) is 0 Å². The Morgan fingerprint density at radius 2 is 1.70 bits per heavy atom. The molecule has 1 N–H and O–H groups in total. The summed E-state index contributed by atoms with van der Waals surface area (Å²) >= 11 is 0. The van der Waals surface area contributed by atoms with Gasteiger partial charge in [-0.2, -0.15) is 0 Å². The zero-order valence-electron chi connectivity index (χ0n) is 16.7. The summed E-state index contributed by atoms with van der Waals surface area (Å²) in [5.41, 5.74) is 5.02. The van der Waals surface area contributed by atoms with Gasteiger partial charge in [-0.25, -0.2) is 0 Å². The molecule has 1 aliphatic carbocycles. The Bertz CT molecular complexity index is 826. The maximum atomic E-state index is 12.8. The number of hydrogen-bond donors (Lipinski definition) is 1. The molecule has 27 heavy (non-hydrogen) atoms. The van der Waals surface area contributed by atoms with E-state index < -0.39 is 0 Å². The van der Waals surface area contributed by atoms with Gasteiger partial charge in [-0.15, -0.1) is 0 Å². The lowest BCUT2D eigenvalue weighted by Crippen LogP contribution is -2.45. The highest BCUT2D eigenvalue weighted by atomic mass is 16.5. The minimum atomic E-state index is -0.0311. The van der Waals surface area contributed by atoms with Gasteiger partial charge < -0.3 is 19.5 Å². The number of carbonyl (C=O) groups excluding carboxylic acids is 1. The molecule has 4 rings (SSSR count). The van der Waals surface area contributed by atoms with Crippen molar-refractivity contribution in [1.82, 2.24) is 4.57 Å². The number of amides is 1.